The van der Waals surface area contributed by atoms with Crippen molar-refractivity contribution in [1.29, 1.82) is 0 Å². The Balaban J connectivity index is 0.000000347. The summed E-state index contributed by atoms with van der Waals surface area (Å²) in [6, 6.07) is 28.4. The zero-order chi connectivity index (χ0) is 78.9. The number of carboxylic acid groups (broad SMARTS) is 1. The topological polar surface area (TPSA) is 297 Å². The van der Waals surface area contributed by atoms with Crippen LogP contribution < -0.4 is 33.5 Å². The van der Waals surface area contributed by atoms with Gasteiger partial charge in [0.2, 0.25) is 10.5 Å². The molecule has 7 rings (SSSR count). The molecule has 0 atom stereocenters. The summed E-state index contributed by atoms with van der Waals surface area (Å²) in [7, 11) is 0. The first-order valence-electron chi connectivity index (χ1n) is 38.1. The molecule has 0 saturated heterocycles. The van der Waals surface area contributed by atoms with Crippen molar-refractivity contribution >= 4 is 69.5 Å². The zero-order valence-corrected chi connectivity index (χ0v) is 64.4. The number of rotatable bonds is 49. The molecule has 109 heavy (non-hydrogen) atoms. The minimum Gasteiger partial charge on any atom is -0.508 e. The minimum absolute atomic E-state index is 0.0565. The SMILES string of the molecule is C=CC(=O)OCCCCCCOc1ccc(O)cc1.C=CC(=O)OCCCCCCOc1ccc(OOCC2CCC(C(=O)O)CC2)cc1.C=CC(=O)OCCCCCCOc1ccc(OOCC2CCC(C(=O)Oc3ccc(OCCCCCCOC(=O)C=C)cc3)CC2)cc1.O=C(Cl)C1CCC(C(=O)Cl)CC1. The van der Waals surface area contributed by atoms with Crippen molar-refractivity contribution in [2.75, 3.05) is 66.1 Å². The van der Waals surface area contributed by atoms with Crippen LogP contribution in [0.1, 0.15) is 180 Å². The maximum absolute atomic E-state index is 12.8. The Morgan fingerprint density at radius 3 is 0.853 bits per heavy atom. The molecule has 0 spiro atoms. The number of hydrogen-bond donors (Lipinski definition) is 2. The Morgan fingerprint density at radius 1 is 0.330 bits per heavy atom. The van der Waals surface area contributed by atoms with Crippen LogP contribution in [-0.2, 0) is 67.1 Å². The number of hydrogen-bond acceptors (Lipinski definition) is 22. The van der Waals surface area contributed by atoms with Gasteiger partial charge in [-0.1, -0.05) is 26.3 Å². The lowest BCUT2D eigenvalue weighted by Gasteiger charge is -2.26. The number of halogens is 2. The second-order valence-electron chi connectivity index (χ2n) is 26.5. The van der Waals surface area contributed by atoms with Gasteiger partial charge < -0.3 is 62.6 Å². The monoisotopic (exact) mass is 1560 g/mol. The number of phenolic OH excluding ortho intramolecular Hbond substituents is 1. The molecule has 0 amide bonds. The first-order chi connectivity index (χ1) is 52.9. The number of aromatic hydroxyl groups is 1. The number of carboxylic acids is 1. The normalized spacial score (nSPS) is 16.9. The Kier molecular flexibility index (Phi) is 49.3. The van der Waals surface area contributed by atoms with Gasteiger partial charge in [-0.2, -0.15) is 9.78 Å². The molecule has 3 fully saturated rings. The average molecular weight is 1560 g/mol. The van der Waals surface area contributed by atoms with Crippen LogP contribution in [0.2, 0.25) is 0 Å². The molecule has 0 radical (unpaired) electrons. The van der Waals surface area contributed by atoms with Crippen LogP contribution in [-0.4, -0.2) is 123 Å². The highest BCUT2D eigenvalue weighted by atomic mass is 35.5. The zero-order valence-electron chi connectivity index (χ0n) is 62.9. The summed E-state index contributed by atoms with van der Waals surface area (Å²) in [5.41, 5.74) is 0. The molecule has 0 aromatic heterocycles. The average Bonchev–Trinajstić information content (AvgIpc) is 0.963. The molecule has 25 heteroatoms. The standard InChI is InChI=1S/C38H50O10.C23H32O7.C15H20O4.C8H10Cl2O2/c1-3-36(39)44-27-11-7-5-9-25-42-32-17-21-34(22-18-32)47-38(41)31-15-13-30(14-16-31)29-46-48-35-23-19-33(20-24-35)43-26-10-6-8-12-28-45-37(40)4-2;1-2-22(24)28-16-6-4-3-5-15-27-20-11-13-21(14-12-20)30-29-17-18-7-9-19(10-8-18)23(25)26;1-2-15(17)19-12-6-4-3-5-11-18-14-9-7-13(16)8-10-14;9-7(11)5-1-2-6(4-3-5)8(10)12/h3-4,17-24,30-31H,1-2,5-16,25-29H2;2,11-14,18-19H,1,3-10,15-17H2,(H,25,26);2,7-10,16H,1,3-6,11-12H2;5-6H,1-4H2. The molecule has 3 aliphatic rings. The molecule has 0 aliphatic heterocycles. The quantitative estimate of drug-likeness (QED) is 0.00607. The van der Waals surface area contributed by atoms with Gasteiger partial charge in [0.25, 0.3) is 0 Å². The fourth-order valence-corrected chi connectivity index (χ4v) is 12.0. The lowest BCUT2D eigenvalue weighted by atomic mass is 9.82. The predicted molar refractivity (Wildman–Crippen MR) is 412 cm³/mol. The first-order valence-corrected chi connectivity index (χ1v) is 38.8. The first kappa shape index (κ1) is 92.5. The molecule has 600 valence electrons. The van der Waals surface area contributed by atoms with Gasteiger partial charge in [0.05, 0.1) is 77.9 Å². The van der Waals surface area contributed by atoms with Crippen LogP contribution in [0.3, 0.4) is 0 Å². The van der Waals surface area contributed by atoms with Crippen molar-refractivity contribution in [3.05, 3.63) is 148 Å². The van der Waals surface area contributed by atoms with E-state index in [9.17, 15) is 38.4 Å². The number of aliphatic carboxylic acids is 1. The largest absolute Gasteiger partial charge is 0.508 e. The van der Waals surface area contributed by atoms with E-state index in [4.69, 9.17) is 95.6 Å². The van der Waals surface area contributed by atoms with E-state index in [1.165, 1.54) is 24.3 Å². The van der Waals surface area contributed by atoms with Crippen LogP contribution in [0.5, 0.6) is 46.0 Å². The summed E-state index contributed by atoms with van der Waals surface area (Å²) in [5, 5.41) is 17.6. The highest BCUT2D eigenvalue weighted by Gasteiger charge is 2.30. The maximum atomic E-state index is 12.8. The maximum Gasteiger partial charge on any atom is 0.330 e. The van der Waals surface area contributed by atoms with E-state index >= 15 is 0 Å². The van der Waals surface area contributed by atoms with Gasteiger partial charge in [-0.3, -0.25) is 19.2 Å². The van der Waals surface area contributed by atoms with Gasteiger partial charge in [-0.25, -0.2) is 19.2 Å². The Labute approximate surface area is 652 Å². The number of carbonyl (C=O) groups excluding carboxylic acids is 7. The number of benzene rings is 4. The number of esters is 5. The second-order valence-corrected chi connectivity index (χ2v) is 27.3. The highest BCUT2D eigenvalue weighted by molar-refractivity contribution is 6.64. The van der Waals surface area contributed by atoms with Crippen molar-refractivity contribution in [3.63, 3.8) is 0 Å². The van der Waals surface area contributed by atoms with Gasteiger partial charge in [-0.15, -0.1) is 0 Å². The molecule has 3 saturated carbocycles. The molecule has 4 aromatic carbocycles. The molecule has 0 unspecified atom stereocenters. The third-order valence-electron chi connectivity index (χ3n) is 18.1. The molecule has 0 bridgehead atoms. The van der Waals surface area contributed by atoms with E-state index in [0.29, 0.717) is 134 Å². The van der Waals surface area contributed by atoms with Crippen molar-refractivity contribution in [3.8, 4) is 46.0 Å². The van der Waals surface area contributed by atoms with Gasteiger partial charge in [0.15, 0.2) is 11.5 Å². The van der Waals surface area contributed by atoms with Crippen LogP contribution >= 0.6 is 23.2 Å². The summed E-state index contributed by atoms with van der Waals surface area (Å²) < 4.78 is 48.1. The number of carbonyl (C=O) groups is 8. The van der Waals surface area contributed by atoms with Gasteiger partial charge in [0, 0.05) is 36.1 Å². The molecular formula is C84H112Cl2O23. The number of unbranched alkanes of at least 4 members (excludes halogenated alkanes) is 12. The van der Waals surface area contributed by atoms with E-state index in [-0.39, 0.29) is 69.8 Å². The Morgan fingerprint density at radius 2 is 0.578 bits per heavy atom. The molecular weight excluding hydrogens is 1450 g/mol. The Bertz CT molecular complexity index is 3230. The summed E-state index contributed by atoms with van der Waals surface area (Å²) in [6.45, 7) is 18.5. The number of phenols is 1. The fraction of sp³-hybridized carbons (Fsp3) is 0.524. The van der Waals surface area contributed by atoms with E-state index in [0.717, 1.165) is 164 Å². The van der Waals surface area contributed by atoms with Gasteiger partial charge in [-0.05, 0) is 312 Å². The van der Waals surface area contributed by atoms with Crippen LogP contribution in [0, 0.1) is 35.5 Å². The van der Waals surface area contributed by atoms with E-state index in [2.05, 4.69) is 26.3 Å². The van der Waals surface area contributed by atoms with E-state index in [1.807, 2.05) is 48.5 Å². The van der Waals surface area contributed by atoms with Crippen molar-refractivity contribution in [1.82, 2.24) is 0 Å². The van der Waals surface area contributed by atoms with Crippen LogP contribution in [0.4, 0.5) is 0 Å². The van der Waals surface area contributed by atoms with E-state index in [1.54, 1.807) is 48.5 Å². The molecule has 4 aromatic rings. The molecule has 3 aliphatic carbocycles. The van der Waals surface area contributed by atoms with Crippen molar-refractivity contribution in [2.24, 2.45) is 35.5 Å². The lowest BCUT2D eigenvalue weighted by Crippen LogP contribution is -2.27. The molecule has 0 heterocycles. The Hall–Kier alpha value is -8.90. The predicted octanol–water partition coefficient (Wildman–Crippen LogP) is 17.7. The van der Waals surface area contributed by atoms with Gasteiger partial charge in [0.1, 0.15) is 34.5 Å². The van der Waals surface area contributed by atoms with Crippen LogP contribution in [0.25, 0.3) is 0 Å². The van der Waals surface area contributed by atoms with Crippen molar-refractivity contribution in [2.45, 2.75) is 180 Å². The smallest absolute Gasteiger partial charge is 0.330 e. The summed E-state index contributed by atoms with van der Waals surface area (Å²) >= 11 is 10.7. The highest BCUT2D eigenvalue weighted by Crippen LogP contribution is 2.34. The fourth-order valence-electron chi connectivity index (χ4n) is 11.5. The lowest BCUT2D eigenvalue weighted by molar-refractivity contribution is -0.218. The summed E-state index contributed by atoms with van der Waals surface area (Å²) in [6.07, 6.45) is 28.8. The molecule has 23 nitrogen and oxygen atoms in total. The summed E-state index contributed by atoms with van der Waals surface area (Å²) in [4.78, 5) is 110. The minimum atomic E-state index is -0.695. The number of ether oxygens (including phenoxy) is 9. The molecule has 2 N–H and O–H groups in total. The summed E-state index contributed by atoms with van der Waals surface area (Å²) in [5.74, 6) is 2.79. The third kappa shape index (κ3) is 44.4. The van der Waals surface area contributed by atoms with Crippen LogP contribution in [0.15, 0.2) is 148 Å². The van der Waals surface area contributed by atoms with Gasteiger partial charge >= 0.3 is 35.8 Å². The van der Waals surface area contributed by atoms with Crippen molar-refractivity contribution < 1.29 is 111 Å². The second kappa shape index (κ2) is 58.1. The van der Waals surface area contributed by atoms with E-state index < -0.39 is 5.97 Å². The third-order valence-corrected chi connectivity index (χ3v) is 18.7.